The van der Waals surface area contributed by atoms with E-state index in [1.54, 1.807) is 25.3 Å². The van der Waals surface area contributed by atoms with Gasteiger partial charge in [0.1, 0.15) is 5.69 Å². The molecule has 1 heterocycles. The summed E-state index contributed by atoms with van der Waals surface area (Å²) in [6, 6.07) is 7.22. The predicted octanol–water partition coefficient (Wildman–Crippen LogP) is 1.57. The molecule has 92 valence electrons. The number of hydrogen-bond acceptors (Lipinski definition) is 5. The minimum Gasteiger partial charge on any atom is -0.260 e. The molecule has 0 unspecified atom stereocenters. The van der Waals surface area contributed by atoms with Crippen molar-refractivity contribution in [2.75, 3.05) is 5.43 Å². The number of H-pyrrole nitrogens is 1. The van der Waals surface area contributed by atoms with E-state index in [0.717, 1.165) is 5.56 Å². The number of nitrogens with zero attached hydrogens (tertiary/aromatic N) is 3. The second-order valence-corrected chi connectivity index (χ2v) is 3.94. The van der Waals surface area contributed by atoms with Crippen molar-refractivity contribution in [2.45, 2.75) is 6.92 Å². The summed E-state index contributed by atoms with van der Waals surface area (Å²) in [5.74, 6) is 0.317. The molecule has 18 heavy (non-hydrogen) atoms. The molecular weight excluding hydrogens is 254 g/mol. The van der Waals surface area contributed by atoms with Gasteiger partial charge in [0.05, 0.1) is 6.21 Å². The van der Waals surface area contributed by atoms with Crippen LogP contribution in [0, 0.1) is 6.92 Å². The van der Waals surface area contributed by atoms with E-state index in [4.69, 9.17) is 11.6 Å². The van der Waals surface area contributed by atoms with Crippen LogP contribution < -0.4 is 11.1 Å². The van der Waals surface area contributed by atoms with Gasteiger partial charge in [-0.3, -0.25) is 5.43 Å². The SMILES string of the molecule is Cc1n[nH]c(=O)nc1N/N=C\c1cccc(Cl)c1. The van der Waals surface area contributed by atoms with Crippen LogP contribution in [0.4, 0.5) is 5.82 Å². The van der Waals surface area contributed by atoms with E-state index < -0.39 is 5.69 Å². The van der Waals surface area contributed by atoms with Crippen LogP contribution in [0.25, 0.3) is 0 Å². The number of nitrogens with one attached hydrogen (secondary N) is 2. The van der Waals surface area contributed by atoms with Crippen molar-refractivity contribution in [3.8, 4) is 0 Å². The number of rotatable bonds is 3. The first-order valence-electron chi connectivity index (χ1n) is 5.13. The van der Waals surface area contributed by atoms with E-state index in [-0.39, 0.29) is 0 Å². The Hall–Kier alpha value is -2.21. The van der Waals surface area contributed by atoms with Gasteiger partial charge in [-0.2, -0.15) is 15.2 Å². The Kier molecular flexibility index (Phi) is 3.69. The zero-order valence-corrected chi connectivity index (χ0v) is 10.3. The topological polar surface area (TPSA) is 83.0 Å². The van der Waals surface area contributed by atoms with Gasteiger partial charge in [0, 0.05) is 5.02 Å². The zero-order chi connectivity index (χ0) is 13.0. The summed E-state index contributed by atoms with van der Waals surface area (Å²) in [6.07, 6.45) is 1.58. The monoisotopic (exact) mass is 263 g/mol. The fourth-order valence-corrected chi connectivity index (χ4v) is 1.45. The van der Waals surface area contributed by atoms with E-state index in [1.807, 2.05) is 12.1 Å². The van der Waals surface area contributed by atoms with Crippen LogP contribution in [0.1, 0.15) is 11.3 Å². The third kappa shape index (κ3) is 3.14. The maximum absolute atomic E-state index is 11.0. The lowest BCUT2D eigenvalue weighted by Gasteiger charge is -2.00. The molecular formula is C11H10ClN5O. The molecule has 2 aromatic rings. The predicted molar refractivity (Wildman–Crippen MR) is 70.1 cm³/mol. The van der Waals surface area contributed by atoms with Crippen molar-refractivity contribution in [3.63, 3.8) is 0 Å². The first kappa shape index (κ1) is 12.3. The van der Waals surface area contributed by atoms with Crippen LogP contribution in [0.2, 0.25) is 5.02 Å². The minimum atomic E-state index is -0.527. The smallest absolute Gasteiger partial charge is 0.260 e. The van der Waals surface area contributed by atoms with Gasteiger partial charge in [-0.25, -0.2) is 9.89 Å². The van der Waals surface area contributed by atoms with Crippen molar-refractivity contribution in [1.29, 1.82) is 0 Å². The van der Waals surface area contributed by atoms with Crippen molar-refractivity contribution >= 4 is 23.6 Å². The van der Waals surface area contributed by atoms with Crippen molar-refractivity contribution < 1.29 is 0 Å². The van der Waals surface area contributed by atoms with Gasteiger partial charge in [0.2, 0.25) is 0 Å². The van der Waals surface area contributed by atoms with Crippen LogP contribution in [0.5, 0.6) is 0 Å². The fourth-order valence-electron chi connectivity index (χ4n) is 1.25. The summed E-state index contributed by atoms with van der Waals surface area (Å²) in [7, 11) is 0. The molecule has 0 spiro atoms. The van der Waals surface area contributed by atoms with E-state index in [1.165, 1.54) is 0 Å². The highest BCUT2D eigenvalue weighted by molar-refractivity contribution is 6.30. The number of benzene rings is 1. The normalized spacial score (nSPS) is 10.8. The number of hydrazone groups is 1. The average molecular weight is 264 g/mol. The van der Waals surface area contributed by atoms with Crippen LogP contribution in [-0.4, -0.2) is 21.4 Å². The van der Waals surface area contributed by atoms with Gasteiger partial charge in [-0.1, -0.05) is 23.7 Å². The number of aromatic nitrogens is 3. The van der Waals surface area contributed by atoms with Crippen LogP contribution in [-0.2, 0) is 0 Å². The van der Waals surface area contributed by atoms with Crippen molar-refractivity contribution in [3.05, 3.63) is 51.0 Å². The number of aromatic amines is 1. The molecule has 2 N–H and O–H groups in total. The number of hydrogen-bond donors (Lipinski definition) is 2. The van der Waals surface area contributed by atoms with Gasteiger partial charge in [-0.05, 0) is 24.6 Å². The van der Waals surface area contributed by atoms with E-state index in [0.29, 0.717) is 16.5 Å². The quantitative estimate of drug-likeness (QED) is 0.650. The fraction of sp³-hybridized carbons (Fsp3) is 0.0909. The largest absolute Gasteiger partial charge is 0.363 e. The summed E-state index contributed by atoms with van der Waals surface area (Å²) in [4.78, 5) is 14.7. The Labute approximate surface area is 108 Å². The Morgan fingerprint density at radius 2 is 2.33 bits per heavy atom. The minimum absolute atomic E-state index is 0.317. The van der Waals surface area contributed by atoms with E-state index in [2.05, 4.69) is 25.7 Å². The highest BCUT2D eigenvalue weighted by atomic mass is 35.5. The molecule has 0 bridgehead atoms. The lowest BCUT2D eigenvalue weighted by atomic mass is 10.2. The highest BCUT2D eigenvalue weighted by Crippen LogP contribution is 2.09. The Morgan fingerprint density at radius 3 is 3.11 bits per heavy atom. The van der Waals surface area contributed by atoms with E-state index in [9.17, 15) is 4.79 Å². The molecule has 0 fully saturated rings. The summed E-state index contributed by atoms with van der Waals surface area (Å²) >= 11 is 5.84. The molecule has 1 aromatic carbocycles. The van der Waals surface area contributed by atoms with Gasteiger partial charge in [0.25, 0.3) is 0 Å². The average Bonchev–Trinajstić information content (AvgIpc) is 2.34. The molecule has 0 aliphatic carbocycles. The third-order valence-electron chi connectivity index (χ3n) is 2.11. The molecule has 0 aliphatic rings. The molecule has 0 radical (unpaired) electrons. The molecule has 0 amide bonds. The van der Waals surface area contributed by atoms with E-state index >= 15 is 0 Å². The van der Waals surface area contributed by atoms with Crippen molar-refractivity contribution in [1.82, 2.24) is 15.2 Å². The summed E-state index contributed by atoms with van der Waals surface area (Å²) in [6.45, 7) is 1.71. The second kappa shape index (κ2) is 5.42. The lowest BCUT2D eigenvalue weighted by Crippen LogP contribution is -2.15. The zero-order valence-electron chi connectivity index (χ0n) is 9.51. The standard InChI is InChI=1S/C11H10ClN5O/c1-7-10(14-11(18)17-15-7)16-13-6-8-3-2-4-9(12)5-8/h2-6H,1H3,(H2,14,16,17,18)/b13-6-. The molecule has 6 nitrogen and oxygen atoms in total. The van der Waals surface area contributed by atoms with Gasteiger partial charge < -0.3 is 0 Å². The number of halogens is 1. The molecule has 7 heteroatoms. The number of aryl methyl sites for hydroxylation is 1. The molecule has 2 rings (SSSR count). The maximum Gasteiger partial charge on any atom is 0.363 e. The maximum atomic E-state index is 11.0. The number of anilines is 1. The Morgan fingerprint density at radius 1 is 1.50 bits per heavy atom. The van der Waals surface area contributed by atoms with Gasteiger partial charge in [0.15, 0.2) is 5.82 Å². The lowest BCUT2D eigenvalue weighted by molar-refractivity contribution is 0.879. The summed E-state index contributed by atoms with van der Waals surface area (Å²) in [5.41, 5.74) is 3.52. The summed E-state index contributed by atoms with van der Waals surface area (Å²) < 4.78 is 0. The molecule has 0 saturated heterocycles. The molecule has 0 atom stereocenters. The van der Waals surface area contributed by atoms with Gasteiger partial charge in [-0.15, -0.1) is 0 Å². The molecule has 1 aromatic heterocycles. The molecule has 0 aliphatic heterocycles. The first-order valence-corrected chi connectivity index (χ1v) is 5.51. The van der Waals surface area contributed by atoms with Crippen molar-refractivity contribution in [2.24, 2.45) is 5.10 Å². The van der Waals surface area contributed by atoms with Crippen LogP contribution >= 0.6 is 11.6 Å². The van der Waals surface area contributed by atoms with Crippen LogP contribution in [0.15, 0.2) is 34.2 Å². The Balaban J connectivity index is 2.12. The van der Waals surface area contributed by atoms with Crippen LogP contribution in [0.3, 0.4) is 0 Å². The third-order valence-corrected chi connectivity index (χ3v) is 2.34. The van der Waals surface area contributed by atoms with Gasteiger partial charge >= 0.3 is 5.69 Å². The highest BCUT2D eigenvalue weighted by Gasteiger charge is 1.99. The summed E-state index contributed by atoms with van der Waals surface area (Å²) in [5, 5.41) is 10.6. The first-order chi connectivity index (χ1) is 8.65. The molecule has 0 saturated carbocycles. The second-order valence-electron chi connectivity index (χ2n) is 3.50. The Bertz CT molecular complexity index is 637.